The molecule has 4 nitrogen and oxygen atoms in total. The summed E-state index contributed by atoms with van der Waals surface area (Å²) in [4.78, 5) is 11.5. The number of esters is 1. The van der Waals surface area contributed by atoms with E-state index in [4.69, 9.17) is 9.47 Å². The quantitative estimate of drug-likeness (QED) is 0.677. The molecular weight excluding hydrogens is 230 g/mol. The van der Waals surface area contributed by atoms with E-state index < -0.39 is 0 Å². The maximum absolute atomic E-state index is 11.5. The van der Waals surface area contributed by atoms with Crippen molar-refractivity contribution >= 4 is 5.97 Å². The van der Waals surface area contributed by atoms with Crippen molar-refractivity contribution in [2.24, 2.45) is 5.92 Å². The van der Waals surface area contributed by atoms with E-state index >= 15 is 0 Å². The fourth-order valence-electron chi connectivity index (χ4n) is 2.38. The molecule has 0 heterocycles. The largest absolute Gasteiger partial charge is 0.468 e. The van der Waals surface area contributed by atoms with Crippen molar-refractivity contribution in [3.63, 3.8) is 0 Å². The highest BCUT2D eigenvalue weighted by atomic mass is 16.5. The van der Waals surface area contributed by atoms with Gasteiger partial charge in [-0.1, -0.05) is 26.2 Å². The number of carbonyl (C=O) groups excluding carboxylic acids is 1. The monoisotopic (exact) mass is 257 g/mol. The molecule has 18 heavy (non-hydrogen) atoms. The minimum atomic E-state index is -0.321. The summed E-state index contributed by atoms with van der Waals surface area (Å²) in [5.74, 6) is 0.454. The molecule has 0 aromatic carbocycles. The van der Waals surface area contributed by atoms with E-state index in [1.807, 2.05) is 0 Å². The van der Waals surface area contributed by atoms with E-state index in [0.29, 0.717) is 12.5 Å². The lowest BCUT2D eigenvalue weighted by atomic mass is 9.90. The van der Waals surface area contributed by atoms with E-state index in [2.05, 4.69) is 12.2 Å². The van der Waals surface area contributed by atoms with Crippen LogP contribution in [0.3, 0.4) is 0 Å². The van der Waals surface area contributed by atoms with Crippen LogP contribution in [-0.2, 0) is 14.3 Å². The second-order valence-electron chi connectivity index (χ2n) is 5.07. The summed E-state index contributed by atoms with van der Waals surface area (Å²) in [5.41, 5.74) is 0. The van der Waals surface area contributed by atoms with E-state index in [0.717, 1.165) is 19.6 Å². The van der Waals surface area contributed by atoms with Crippen molar-refractivity contribution in [3.8, 4) is 0 Å². The zero-order chi connectivity index (χ0) is 13.2. The third kappa shape index (κ3) is 5.83. The minimum Gasteiger partial charge on any atom is -0.468 e. The lowest BCUT2D eigenvalue weighted by Gasteiger charge is -2.23. The van der Waals surface area contributed by atoms with Crippen molar-refractivity contribution in [2.45, 2.75) is 51.5 Å². The van der Waals surface area contributed by atoms with Gasteiger partial charge in [0.1, 0.15) is 6.04 Å². The van der Waals surface area contributed by atoms with Crippen LogP contribution in [0.5, 0.6) is 0 Å². The van der Waals surface area contributed by atoms with Gasteiger partial charge >= 0.3 is 5.97 Å². The van der Waals surface area contributed by atoms with Crippen molar-refractivity contribution in [1.82, 2.24) is 5.32 Å². The van der Waals surface area contributed by atoms with Crippen LogP contribution in [-0.4, -0.2) is 38.9 Å². The lowest BCUT2D eigenvalue weighted by Crippen LogP contribution is -2.42. The predicted octanol–water partition coefficient (Wildman–Crippen LogP) is 2.12. The van der Waals surface area contributed by atoms with Gasteiger partial charge in [-0.15, -0.1) is 0 Å². The Morgan fingerprint density at radius 1 is 1.33 bits per heavy atom. The number of ether oxygens (including phenoxy) is 2. The molecule has 0 aromatic rings. The number of nitrogens with one attached hydrogen (secondary N) is 1. The van der Waals surface area contributed by atoms with Crippen LogP contribution in [0.1, 0.15) is 45.4 Å². The van der Waals surface area contributed by atoms with Crippen LogP contribution in [0.4, 0.5) is 0 Å². The molecule has 1 fully saturated rings. The molecule has 0 amide bonds. The first-order valence-corrected chi connectivity index (χ1v) is 7.16. The molecule has 1 aliphatic carbocycles. The van der Waals surface area contributed by atoms with Gasteiger partial charge in [0.15, 0.2) is 0 Å². The summed E-state index contributed by atoms with van der Waals surface area (Å²) < 4.78 is 10.5. The van der Waals surface area contributed by atoms with Gasteiger partial charge in [0.25, 0.3) is 0 Å². The first-order valence-electron chi connectivity index (χ1n) is 7.16. The summed E-state index contributed by atoms with van der Waals surface area (Å²) in [7, 11) is 1.42. The summed E-state index contributed by atoms with van der Waals surface area (Å²) in [5, 5.41) is 3.16. The van der Waals surface area contributed by atoms with Gasteiger partial charge < -0.3 is 14.8 Å². The van der Waals surface area contributed by atoms with Gasteiger partial charge in [0.2, 0.25) is 0 Å². The van der Waals surface area contributed by atoms with Crippen LogP contribution >= 0.6 is 0 Å². The molecule has 0 radical (unpaired) electrons. The summed E-state index contributed by atoms with van der Waals surface area (Å²) >= 11 is 0. The van der Waals surface area contributed by atoms with Crippen LogP contribution in [0, 0.1) is 5.92 Å². The van der Waals surface area contributed by atoms with Crippen LogP contribution in [0.2, 0.25) is 0 Å². The molecule has 0 saturated heterocycles. The molecule has 0 aromatic heterocycles. The van der Waals surface area contributed by atoms with E-state index in [1.54, 1.807) is 0 Å². The van der Waals surface area contributed by atoms with Crippen LogP contribution in [0.15, 0.2) is 0 Å². The highest BCUT2D eigenvalue weighted by Crippen LogP contribution is 2.23. The maximum Gasteiger partial charge on any atom is 0.325 e. The standard InChI is InChI=1S/C14H27NO3/c1-3-9-15-13(14(16)17-2)11-18-10-12-7-5-4-6-8-12/h12-13,15H,3-11H2,1-2H3. The van der Waals surface area contributed by atoms with E-state index in [9.17, 15) is 4.79 Å². The third-order valence-corrected chi connectivity index (χ3v) is 3.49. The van der Waals surface area contributed by atoms with Crippen molar-refractivity contribution in [3.05, 3.63) is 0 Å². The molecule has 0 bridgehead atoms. The third-order valence-electron chi connectivity index (χ3n) is 3.49. The summed E-state index contributed by atoms with van der Waals surface area (Å²) in [6.45, 7) is 4.08. The highest BCUT2D eigenvalue weighted by molar-refractivity contribution is 5.75. The molecule has 0 aliphatic heterocycles. The van der Waals surface area contributed by atoms with Crippen molar-refractivity contribution in [1.29, 1.82) is 0 Å². The van der Waals surface area contributed by atoms with Gasteiger partial charge in [-0.05, 0) is 31.7 Å². The molecule has 106 valence electrons. The van der Waals surface area contributed by atoms with Gasteiger partial charge in [-0.25, -0.2) is 0 Å². The highest BCUT2D eigenvalue weighted by Gasteiger charge is 2.20. The van der Waals surface area contributed by atoms with E-state index in [1.165, 1.54) is 39.2 Å². The Morgan fingerprint density at radius 3 is 2.67 bits per heavy atom. The van der Waals surface area contributed by atoms with Gasteiger partial charge in [-0.3, -0.25) is 4.79 Å². The Balaban J connectivity index is 2.20. The molecule has 4 heteroatoms. The fraction of sp³-hybridized carbons (Fsp3) is 0.929. The lowest BCUT2D eigenvalue weighted by molar-refractivity contribution is -0.145. The van der Waals surface area contributed by atoms with Crippen molar-refractivity contribution < 1.29 is 14.3 Å². The SMILES string of the molecule is CCCNC(COCC1CCCCC1)C(=O)OC. The first kappa shape index (κ1) is 15.4. The molecule has 0 spiro atoms. The normalized spacial score (nSPS) is 18.6. The summed E-state index contributed by atoms with van der Waals surface area (Å²) in [6, 6.07) is -0.321. The molecule has 1 saturated carbocycles. The van der Waals surface area contributed by atoms with Crippen LogP contribution < -0.4 is 5.32 Å². The van der Waals surface area contributed by atoms with Gasteiger partial charge in [0, 0.05) is 6.61 Å². The van der Waals surface area contributed by atoms with Gasteiger partial charge in [0.05, 0.1) is 13.7 Å². The number of hydrogen-bond acceptors (Lipinski definition) is 4. The smallest absolute Gasteiger partial charge is 0.325 e. The molecule has 1 rings (SSSR count). The van der Waals surface area contributed by atoms with E-state index in [-0.39, 0.29) is 12.0 Å². The second-order valence-corrected chi connectivity index (χ2v) is 5.07. The van der Waals surface area contributed by atoms with Gasteiger partial charge in [-0.2, -0.15) is 0 Å². The fourth-order valence-corrected chi connectivity index (χ4v) is 2.38. The Labute approximate surface area is 110 Å². The number of rotatable bonds is 8. The van der Waals surface area contributed by atoms with Crippen molar-refractivity contribution in [2.75, 3.05) is 26.9 Å². The molecule has 1 atom stereocenters. The number of hydrogen-bond donors (Lipinski definition) is 1. The maximum atomic E-state index is 11.5. The molecular formula is C14H27NO3. The summed E-state index contributed by atoms with van der Waals surface area (Å²) in [6.07, 6.45) is 7.54. The zero-order valence-corrected chi connectivity index (χ0v) is 11.7. The Kier molecular flexibility index (Phi) is 8.01. The molecule has 1 unspecified atom stereocenters. The second kappa shape index (κ2) is 9.34. The average Bonchev–Trinajstić information content (AvgIpc) is 2.43. The predicted molar refractivity (Wildman–Crippen MR) is 71.5 cm³/mol. The minimum absolute atomic E-state index is 0.230. The first-order chi connectivity index (χ1) is 8.77. The number of methoxy groups -OCH3 is 1. The number of carbonyl (C=O) groups is 1. The Bertz CT molecular complexity index is 227. The molecule has 1 aliphatic rings. The average molecular weight is 257 g/mol. The Hall–Kier alpha value is -0.610. The Morgan fingerprint density at radius 2 is 2.06 bits per heavy atom. The zero-order valence-electron chi connectivity index (χ0n) is 11.7. The molecule has 1 N–H and O–H groups in total. The van der Waals surface area contributed by atoms with Crippen LogP contribution in [0.25, 0.3) is 0 Å². The topological polar surface area (TPSA) is 47.6 Å².